The van der Waals surface area contributed by atoms with Gasteiger partial charge in [0.1, 0.15) is 0 Å². The molecular weight excluding hydrogens is 252 g/mol. The summed E-state index contributed by atoms with van der Waals surface area (Å²) in [6, 6.07) is 0. The van der Waals surface area contributed by atoms with Crippen molar-refractivity contribution in [3.63, 3.8) is 0 Å². The molecule has 18 heavy (non-hydrogen) atoms. The summed E-state index contributed by atoms with van der Waals surface area (Å²) >= 11 is 0.0198. The van der Waals surface area contributed by atoms with Crippen LogP contribution in [-0.2, 0) is 19.2 Å². The molecule has 1 heteroatoms. The van der Waals surface area contributed by atoms with E-state index in [0.717, 1.165) is 5.92 Å². The Morgan fingerprint density at radius 2 is 2.00 bits per heavy atom. The summed E-state index contributed by atoms with van der Waals surface area (Å²) in [7, 11) is 0. The Morgan fingerprint density at radius 3 is 2.78 bits per heavy atom. The smallest absolute Gasteiger partial charge is 1.00 e. The van der Waals surface area contributed by atoms with Crippen LogP contribution >= 0.6 is 0 Å². The van der Waals surface area contributed by atoms with Gasteiger partial charge in [-0.05, 0) is 0 Å². The van der Waals surface area contributed by atoms with Crippen molar-refractivity contribution in [1.29, 1.82) is 0 Å². The van der Waals surface area contributed by atoms with Gasteiger partial charge >= 0.3 is 120 Å². The van der Waals surface area contributed by atoms with Gasteiger partial charge in [-0.3, -0.25) is 0 Å². The fourth-order valence-electron chi connectivity index (χ4n) is 3.31. The molecule has 0 heterocycles. The molecule has 0 bridgehead atoms. The van der Waals surface area contributed by atoms with Gasteiger partial charge in [0.05, 0.1) is 0 Å². The quantitative estimate of drug-likeness (QED) is 0.609. The third-order valence-corrected chi connectivity index (χ3v) is 6.72. The van der Waals surface area contributed by atoms with Crippen molar-refractivity contribution in [3.8, 4) is 0 Å². The van der Waals surface area contributed by atoms with Crippen LogP contribution in [0.5, 0.6) is 0 Å². The molecule has 3 aliphatic rings. The summed E-state index contributed by atoms with van der Waals surface area (Å²) in [6.07, 6.45) is 23.0. The Bertz CT molecular complexity index is 426. The molecule has 98 valence electrons. The molecule has 0 aromatic rings. The Hall–Kier alpha value is -0.326. The molecule has 0 spiro atoms. The molecule has 0 saturated heterocycles. The van der Waals surface area contributed by atoms with Gasteiger partial charge in [0, 0.05) is 0 Å². The Morgan fingerprint density at radius 1 is 1.11 bits per heavy atom. The van der Waals surface area contributed by atoms with Gasteiger partial charge < -0.3 is 2.85 Å². The van der Waals surface area contributed by atoms with E-state index in [0.29, 0.717) is 0 Å². The zero-order chi connectivity index (χ0) is 12.2. The Labute approximate surface area is 123 Å². The maximum absolute atomic E-state index is 2.44. The largest absolute Gasteiger partial charge is 1.00 e. The first-order valence-corrected chi connectivity index (χ1v) is 8.99. The second-order valence-electron chi connectivity index (χ2n) is 5.77. The molecule has 0 unspecified atom stereocenters. The van der Waals surface area contributed by atoms with Crippen molar-refractivity contribution < 1.29 is 22.0 Å². The predicted molar refractivity (Wildman–Crippen MR) is 76.0 cm³/mol. The normalized spacial score (nSPS) is 23.9. The molecule has 0 atom stereocenters. The number of allylic oxidation sites excluding steroid dienone is 8. The van der Waals surface area contributed by atoms with Gasteiger partial charge in [-0.25, -0.2) is 0 Å². The third kappa shape index (κ3) is 3.16. The van der Waals surface area contributed by atoms with E-state index in [-0.39, 0.29) is 22.0 Å². The fraction of sp³-hybridized carbons (Fsp3) is 0.529. The van der Waals surface area contributed by atoms with Gasteiger partial charge in [-0.1, -0.05) is 0 Å². The molecular formula is C17H24Ti-2. The van der Waals surface area contributed by atoms with E-state index >= 15 is 0 Å². The van der Waals surface area contributed by atoms with E-state index in [1.807, 2.05) is 3.88 Å². The third-order valence-electron chi connectivity index (χ3n) is 4.34. The number of hydrogen-bond acceptors (Lipinski definition) is 0. The summed E-state index contributed by atoms with van der Waals surface area (Å²) in [5.41, 5.74) is 1.73. The molecule has 0 aromatic heterocycles. The van der Waals surface area contributed by atoms with E-state index in [1.54, 1.807) is 9.45 Å². The van der Waals surface area contributed by atoms with Crippen LogP contribution in [0.1, 0.15) is 54.2 Å². The minimum Gasteiger partial charge on any atom is -1.00 e. The molecule has 3 aliphatic carbocycles. The molecule has 3 rings (SSSR count). The van der Waals surface area contributed by atoms with Crippen molar-refractivity contribution in [2.75, 3.05) is 0 Å². The van der Waals surface area contributed by atoms with E-state index in [9.17, 15) is 0 Å². The summed E-state index contributed by atoms with van der Waals surface area (Å²) in [4.78, 5) is 0. The molecule has 0 aliphatic heterocycles. The molecule has 1 fully saturated rings. The zero-order valence-electron chi connectivity index (χ0n) is 13.1. The van der Waals surface area contributed by atoms with Crippen molar-refractivity contribution in [2.45, 2.75) is 51.4 Å². The van der Waals surface area contributed by atoms with E-state index < -0.39 is 0 Å². The van der Waals surface area contributed by atoms with Gasteiger partial charge in [-0.2, -0.15) is 0 Å². The molecule has 0 radical (unpaired) electrons. The monoisotopic (exact) mass is 276 g/mol. The minimum absolute atomic E-state index is 0. The van der Waals surface area contributed by atoms with E-state index in [1.165, 1.54) is 51.4 Å². The van der Waals surface area contributed by atoms with Gasteiger partial charge in [-0.15, -0.1) is 0 Å². The molecule has 0 aromatic carbocycles. The second kappa shape index (κ2) is 6.21. The minimum atomic E-state index is 0. The predicted octanol–water partition coefficient (Wildman–Crippen LogP) is 5.32. The summed E-state index contributed by atoms with van der Waals surface area (Å²) in [5, 5.41) is 0. The summed E-state index contributed by atoms with van der Waals surface area (Å²) in [6.45, 7) is 0. The van der Waals surface area contributed by atoms with Gasteiger partial charge in [0.15, 0.2) is 0 Å². The van der Waals surface area contributed by atoms with Crippen molar-refractivity contribution >= 4 is 0 Å². The maximum atomic E-state index is 2.44. The molecule has 0 nitrogen and oxygen atoms in total. The molecule has 1 saturated carbocycles. The van der Waals surface area contributed by atoms with Crippen LogP contribution in [0.15, 0.2) is 43.7 Å². The SMILES string of the molecule is C1=CC[C]([Ti][C]2=C(CC3CCCCC3)C=CC2)=C1.[H-].[H-]. The second-order valence-corrected chi connectivity index (χ2v) is 8.10. The average Bonchev–Trinajstić information content (AvgIpc) is 3.04. The van der Waals surface area contributed by atoms with Crippen molar-refractivity contribution in [1.82, 2.24) is 0 Å². The maximum Gasteiger partial charge on any atom is -1.00 e. The van der Waals surface area contributed by atoms with E-state index in [2.05, 4.69) is 30.4 Å². The molecule has 0 N–H and O–H groups in total. The average molecular weight is 276 g/mol. The first-order valence-electron chi connectivity index (χ1n) is 7.43. The number of hydrogen-bond donors (Lipinski definition) is 0. The van der Waals surface area contributed by atoms with Crippen molar-refractivity contribution in [3.05, 3.63) is 43.7 Å². The first kappa shape index (κ1) is 12.7. The van der Waals surface area contributed by atoms with Crippen LogP contribution in [0.4, 0.5) is 0 Å². The summed E-state index contributed by atoms with van der Waals surface area (Å²) < 4.78 is 3.56. The standard InChI is InChI=1S/C12H17.C5H5.Ti.2H/c1-2-6-11(7-3-1)10-12-8-4-5-9-12;1-2-4-5-3-1;;;/h4,8,11H,1-3,5-7,10H2;1-3H,4H2;;;/q;;;2*-1. The van der Waals surface area contributed by atoms with Crippen LogP contribution in [0.2, 0.25) is 0 Å². The Kier molecular flexibility index (Phi) is 4.38. The van der Waals surface area contributed by atoms with Gasteiger partial charge in [0.2, 0.25) is 0 Å². The number of rotatable bonds is 4. The van der Waals surface area contributed by atoms with Crippen LogP contribution in [0.3, 0.4) is 0 Å². The summed E-state index contributed by atoms with van der Waals surface area (Å²) in [5.74, 6) is 0.994. The van der Waals surface area contributed by atoms with Crippen molar-refractivity contribution in [2.24, 2.45) is 5.92 Å². The van der Waals surface area contributed by atoms with Crippen LogP contribution in [0, 0.1) is 5.92 Å². The van der Waals surface area contributed by atoms with E-state index in [4.69, 9.17) is 0 Å². The van der Waals surface area contributed by atoms with Crippen LogP contribution in [0.25, 0.3) is 0 Å². The molecule has 0 amide bonds. The topological polar surface area (TPSA) is 0 Å². The fourth-order valence-corrected chi connectivity index (χ4v) is 5.42. The Balaban J connectivity index is 0.000001000. The first-order chi connectivity index (χ1) is 8.92. The van der Waals surface area contributed by atoms with Crippen LogP contribution < -0.4 is 0 Å². The van der Waals surface area contributed by atoms with Crippen LogP contribution in [-0.4, -0.2) is 0 Å². The van der Waals surface area contributed by atoms with Gasteiger partial charge in [0.25, 0.3) is 0 Å². The zero-order valence-corrected chi connectivity index (χ0v) is 12.7.